The maximum atomic E-state index is 13.1. The molecule has 0 amide bonds. The van der Waals surface area contributed by atoms with Crippen LogP contribution in [0.1, 0.15) is 41.1 Å². The molecule has 14 heteroatoms. The van der Waals surface area contributed by atoms with E-state index >= 15 is 0 Å². The van der Waals surface area contributed by atoms with Crippen molar-refractivity contribution in [2.45, 2.75) is 36.9 Å². The Balaban J connectivity index is 1.79. The number of aromatic amines is 1. The van der Waals surface area contributed by atoms with Crippen molar-refractivity contribution < 1.29 is 39.9 Å². The average Bonchev–Trinajstić information content (AvgIpc) is 2.92. The second kappa shape index (κ2) is 8.14. The second-order valence-corrected chi connectivity index (χ2v) is 9.53. The highest BCUT2D eigenvalue weighted by molar-refractivity contribution is 7.88. The highest BCUT2D eigenvalue weighted by Crippen LogP contribution is 2.40. The van der Waals surface area contributed by atoms with Crippen LogP contribution in [0, 0.1) is 0 Å². The van der Waals surface area contributed by atoms with E-state index in [1.165, 1.54) is 7.05 Å². The van der Waals surface area contributed by atoms with Crippen molar-refractivity contribution in [3.63, 3.8) is 0 Å². The van der Waals surface area contributed by atoms with E-state index < -0.39 is 56.7 Å². The summed E-state index contributed by atoms with van der Waals surface area (Å²) in [6.07, 6.45) is -9.91. The number of aromatic nitrogens is 2. The molecular weight excluding hydrogens is 468 g/mol. The van der Waals surface area contributed by atoms with Crippen LogP contribution in [0.15, 0.2) is 23.0 Å². The molecule has 0 bridgehead atoms. The Labute approximate surface area is 178 Å². The smallest absolute Gasteiger partial charge is 0.416 e. The van der Waals surface area contributed by atoms with Crippen molar-refractivity contribution in [3.05, 3.63) is 51.1 Å². The number of alkyl halides is 6. The summed E-state index contributed by atoms with van der Waals surface area (Å²) >= 11 is 0. The van der Waals surface area contributed by atoms with Crippen molar-refractivity contribution >= 4 is 10.0 Å². The molecule has 1 aromatic heterocycles. The molecule has 32 heavy (non-hydrogen) atoms. The zero-order chi connectivity index (χ0) is 24.1. The Morgan fingerprint density at radius 2 is 1.53 bits per heavy atom. The Bertz CT molecular complexity index is 1130. The molecule has 1 aliphatic rings. The number of H-pyrrole nitrogens is 1. The van der Waals surface area contributed by atoms with E-state index in [9.17, 15) is 44.7 Å². The molecule has 0 saturated carbocycles. The number of hydrogen-bond acceptors (Lipinski definition) is 4. The van der Waals surface area contributed by atoms with E-state index in [1.54, 1.807) is 0 Å². The third-order valence-electron chi connectivity index (χ3n) is 5.41. The summed E-state index contributed by atoms with van der Waals surface area (Å²) in [5, 5.41) is 9.82. The van der Waals surface area contributed by atoms with Gasteiger partial charge < -0.3 is 10.1 Å². The molecule has 0 aliphatic carbocycles. The van der Waals surface area contributed by atoms with Crippen LogP contribution in [-0.2, 0) is 35.2 Å². The third-order valence-corrected chi connectivity index (χ3v) is 7.21. The van der Waals surface area contributed by atoms with E-state index in [0.717, 1.165) is 8.87 Å². The van der Waals surface area contributed by atoms with Gasteiger partial charge in [-0.1, -0.05) is 0 Å². The van der Waals surface area contributed by atoms with Crippen molar-refractivity contribution in [1.29, 1.82) is 0 Å². The van der Waals surface area contributed by atoms with Crippen LogP contribution in [0.25, 0.3) is 0 Å². The van der Waals surface area contributed by atoms with Crippen molar-refractivity contribution in [3.8, 4) is 5.88 Å². The number of benzene rings is 1. The summed E-state index contributed by atoms with van der Waals surface area (Å²) in [6.45, 7) is -0.273. The molecule has 1 aromatic carbocycles. The minimum absolute atomic E-state index is 0.00906. The monoisotopic (exact) mass is 487 g/mol. The van der Waals surface area contributed by atoms with Crippen LogP contribution in [0.2, 0.25) is 0 Å². The van der Waals surface area contributed by atoms with E-state index in [4.69, 9.17) is 0 Å². The summed E-state index contributed by atoms with van der Waals surface area (Å²) in [5.74, 6) is -1.95. The van der Waals surface area contributed by atoms with Gasteiger partial charge in [-0.15, -0.1) is 0 Å². The van der Waals surface area contributed by atoms with E-state index in [1.807, 2.05) is 0 Å². The van der Waals surface area contributed by atoms with Gasteiger partial charge in [0, 0.05) is 20.1 Å². The summed E-state index contributed by atoms with van der Waals surface area (Å²) < 4.78 is 106. The first-order valence-corrected chi connectivity index (χ1v) is 10.9. The first kappa shape index (κ1) is 24.2. The molecule has 1 saturated heterocycles. The molecule has 178 valence electrons. The van der Waals surface area contributed by atoms with Gasteiger partial charge in [0.15, 0.2) is 0 Å². The van der Waals surface area contributed by atoms with E-state index in [-0.39, 0.29) is 43.3 Å². The maximum absolute atomic E-state index is 13.1. The van der Waals surface area contributed by atoms with Crippen molar-refractivity contribution in [2.24, 2.45) is 7.05 Å². The van der Waals surface area contributed by atoms with Gasteiger partial charge >= 0.3 is 18.0 Å². The van der Waals surface area contributed by atoms with Crippen LogP contribution in [0.4, 0.5) is 26.3 Å². The standard InChI is InChI=1S/C18H19F6N3O4S/c1-26-15(28)14(25-16(26)29)9-32(30,31)27-4-2-10(3-5-27)11-6-12(17(19,20)21)8-13(7-11)18(22,23)24/h6-8,10,28H,2-5,9H2,1H3,(H,25,29). The number of nitrogens with zero attached hydrogens (tertiary/aromatic N) is 2. The first-order chi connectivity index (χ1) is 14.6. The van der Waals surface area contributed by atoms with Crippen molar-refractivity contribution in [2.75, 3.05) is 13.1 Å². The average molecular weight is 487 g/mol. The van der Waals surface area contributed by atoms with Gasteiger partial charge in [-0.05, 0) is 42.5 Å². The van der Waals surface area contributed by atoms with Gasteiger partial charge in [0.1, 0.15) is 5.75 Å². The van der Waals surface area contributed by atoms with Gasteiger partial charge in [0.05, 0.1) is 16.8 Å². The number of imidazole rings is 1. The summed E-state index contributed by atoms with van der Waals surface area (Å²) in [5.41, 5.74) is -3.92. The lowest BCUT2D eigenvalue weighted by molar-refractivity contribution is -0.143. The lowest BCUT2D eigenvalue weighted by Crippen LogP contribution is -2.38. The van der Waals surface area contributed by atoms with Crippen molar-refractivity contribution in [1.82, 2.24) is 13.9 Å². The van der Waals surface area contributed by atoms with Crippen LogP contribution < -0.4 is 5.69 Å². The van der Waals surface area contributed by atoms with Crippen LogP contribution >= 0.6 is 0 Å². The summed E-state index contributed by atoms with van der Waals surface area (Å²) in [4.78, 5) is 13.7. The fourth-order valence-electron chi connectivity index (χ4n) is 3.62. The van der Waals surface area contributed by atoms with Gasteiger partial charge in [-0.3, -0.25) is 4.57 Å². The second-order valence-electron chi connectivity index (χ2n) is 7.56. The Kier molecular flexibility index (Phi) is 6.15. The minimum Gasteiger partial charge on any atom is -0.493 e. The quantitative estimate of drug-likeness (QED) is 0.648. The molecule has 2 heterocycles. The Hall–Kier alpha value is -2.48. The van der Waals surface area contributed by atoms with Gasteiger partial charge in [0.2, 0.25) is 15.9 Å². The highest BCUT2D eigenvalue weighted by atomic mass is 32.2. The maximum Gasteiger partial charge on any atom is 0.416 e. The highest BCUT2D eigenvalue weighted by Gasteiger charge is 2.38. The fourth-order valence-corrected chi connectivity index (χ4v) is 5.14. The molecule has 7 nitrogen and oxygen atoms in total. The Morgan fingerprint density at radius 3 is 1.94 bits per heavy atom. The SMILES string of the molecule is Cn1c(O)c(CS(=O)(=O)N2CCC(c3cc(C(F)(F)F)cc(C(F)(F)F)c3)CC2)[nH]c1=O. The van der Waals surface area contributed by atoms with Crippen LogP contribution in [-0.4, -0.2) is 40.5 Å². The lowest BCUT2D eigenvalue weighted by atomic mass is 9.88. The predicted molar refractivity (Wildman–Crippen MR) is 100 cm³/mol. The fraction of sp³-hybridized carbons (Fsp3) is 0.500. The first-order valence-electron chi connectivity index (χ1n) is 9.33. The molecule has 2 N–H and O–H groups in total. The zero-order valence-corrected chi connectivity index (χ0v) is 17.4. The number of rotatable bonds is 4. The number of piperidine rings is 1. The molecule has 1 fully saturated rings. The zero-order valence-electron chi connectivity index (χ0n) is 16.6. The number of hydrogen-bond donors (Lipinski definition) is 2. The summed E-state index contributed by atoms with van der Waals surface area (Å²) in [6, 6.07) is 1.38. The van der Waals surface area contributed by atoms with E-state index in [2.05, 4.69) is 4.98 Å². The van der Waals surface area contributed by atoms with Gasteiger partial charge in [-0.2, -0.15) is 26.3 Å². The van der Waals surface area contributed by atoms with E-state index in [0.29, 0.717) is 12.1 Å². The molecule has 3 rings (SSSR count). The number of halogens is 6. The number of nitrogens with one attached hydrogen (secondary N) is 1. The number of sulfonamides is 1. The Morgan fingerprint density at radius 1 is 1.03 bits per heavy atom. The molecule has 1 aliphatic heterocycles. The lowest BCUT2D eigenvalue weighted by Gasteiger charge is -2.32. The third kappa shape index (κ3) is 4.95. The number of aromatic hydroxyl groups is 1. The van der Waals surface area contributed by atoms with Gasteiger partial charge in [0.25, 0.3) is 0 Å². The predicted octanol–water partition coefficient (Wildman–Crippen LogP) is 3.17. The molecule has 0 radical (unpaired) electrons. The summed E-state index contributed by atoms with van der Waals surface area (Å²) in [7, 11) is -2.76. The van der Waals surface area contributed by atoms with Gasteiger partial charge in [-0.25, -0.2) is 17.5 Å². The molecule has 0 unspecified atom stereocenters. The van der Waals surface area contributed by atoms with Crippen LogP contribution in [0.5, 0.6) is 5.88 Å². The molecule has 0 atom stereocenters. The molecule has 0 spiro atoms. The minimum atomic E-state index is -4.96. The molecular formula is C18H19F6N3O4S. The molecule has 2 aromatic rings. The van der Waals surface area contributed by atoms with Crippen LogP contribution in [0.3, 0.4) is 0 Å². The largest absolute Gasteiger partial charge is 0.493 e. The normalized spacial score (nSPS) is 17.1. The topological polar surface area (TPSA) is 95.4 Å².